The second-order valence-electron chi connectivity index (χ2n) is 2.85. The molecule has 0 aliphatic carbocycles. The Morgan fingerprint density at radius 1 is 1.29 bits per heavy atom. The number of hydrogen-bond acceptors (Lipinski definition) is 4. The summed E-state index contributed by atoms with van der Waals surface area (Å²) >= 11 is 1.62. The first-order chi connectivity index (χ1) is 6.95. The van der Waals surface area contributed by atoms with E-state index in [0.29, 0.717) is 0 Å². The normalized spacial score (nSPS) is 10.9. The van der Waals surface area contributed by atoms with Gasteiger partial charge in [0.1, 0.15) is 11.2 Å². The summed E-state index contributed by atoms with van der Waals surface area (Å²) in [6.45, 7) is 0. The second-order valence-corrected chi connectivity index (χ2v) is 3.74. The highest BCUT2D eigenvalue weighted by molar-refractivity contribution is 7.16. The molecule has 0 atom stereocenters. The van der Waals surface area contributed by atoms with Gasteiger partial charge in [-0.25, -0.2) is 9.97 Å². The fraction of sp³-hybridized carbons (Fsp3) is 0. The van der Waals surface area contributed by atoms with Gasteiger partial charge in [0.05, 0.1) is 11.9 Å². The Bertz CT molecular complexity index is 555. The third-order valence-electron chi connectivity index (χ3n) is 2.03. The third-order valence-corrected chi connectivity index (χ3v) is 2.85. The predicted molar refractivity (Wildman–Crippen MR) is 55.0 cm³/mol. The summed E-state index contributed by atoms with van der Waals surface area (Å²) in [5.41, 5.74) is 1.93. The van der Waals surface area contributed by atoms with Crippen LogP contribution in [-0.4, -0.2) is 20.2 Å². The van der Waals surface area contributed by atoms with Crippen LogP contribution in [0.2, 0.25) is 0 Å². The van der Waals surface area contributed by atoms with Crippen LogP contribution in [0.25, 0.3) is 21.5 Å². The van der Waals surface area contributed by atoms with Crippen LogP contribution in [-0.2, 0) is 0 Å². The van der Waals surface area contributed by atoms with Gasteiger partial charge in [0.25, 0.3) is 0 Å². The molecule has 3 heterocycles. The third kappa shape index (κ3) is 1.03. The molecule has 14 heavy (non-hydrogen) atoms. The van der Waals surface area contributed by atoms with Crippen LogP contribution in [0.1, 0.15) is 0 Å². The standard InChI is InChI=1S/C9H6N4S/c1-2-14-9-7(1)8(10-5-11-9)6-3-12-13-4-6/h1-5H,(H,12,13). The Morgan fingerprint density at radius 2 is 2.29 bits per heavy atom. The average molecular weight is 202 g/mol. The number of fused-ring (bicyclic) bond motifs is 1. The summed E-state index contributed by atoms with van der Waals surface area (Å²) < 4.78 is 0. The minimum Gasteiger partial charge on any atom is -0.285 e. The molecule has 3 aromatic heterocycles. The molecule has 0 saturated heterocycles. The van der Waals surface area contributed by atoms with Gasteiger partial charge in [0, 0.05) is 17.1 Å². The zero-order valence-electron chi connectivity index (χ0n) is 7.14. The van der Waals surface area contributed by atoms with Crippen LogP contribution in [0.5, 0.6) is 0 Å². The minimum atomic E-state index is 0.935. The maximum atomic E-state index is 4.26. The lowest BCUT2D eigenvalue weighted by molar-refractivity contribution is 1.09. The lowest BCUT2D eigenvalue weighted by Gasteiger charge is -1.96. The molecule has 68 valence electrons. The maximum Gasteiger partial charge on any atom is 0.127 e. The molecule has 0 aliphatic rings. The van der Waals surface area contributed by atoms with E-state index in [1.807, 2.05) is 17.6 Å². The van der Waals surface area contributed by atoms with Gasteiger partial charge in [-0.1, -0.05) is 0 Å². The van der Waals surface area contributed by atoms with Crippen molar-refractivity contribution in [1.29, 1.82) is 0 Å². The molecule has 0 aliphatic heterocycles. The molecule has 0 radical (unpaired) electrons. The molecule has 1 N–H and O–H groups in total. The van der Waals surface area contributed by atoms with Crippen molar-refractivity contribution in [3.63, 3.8) is 0 Å². The molecular formula is C9H6N4S. The van der Waals surface area contributed by atoms with Crippen LogP contribution in [0.4, 0.5) is 0 Å². The lowest BCUT2D eigenvalue weighted by atomic mass is 10.2. The highest BCUT2D eigenvalue weighted by atomic mass is 32.1. The highest BCUT2D eigenvalue weighted by Crippen LogP contribution is 2.27. The summed E-state index contributed by atoms with van der Waals surface area (Å²) in [4.78, 5) is 9.46. The van der Waals surface area contributed by atoms with Gasteiger partial charge in [-0.2, -0.15) is 5.10 Å². The van der Waals surface area contributed by atoms with E-state index in [9.17, 15) is 0 Å². The van der Waals surface area contributed by atoms with E-state index in [1.54, 1.807) is 23.9 Å². The molecule has 0 aromatic carbocycles. The van der Waals surface area contributed by atoms with Crippen LogP contribution >= 0.6 is 11.3 Å². The average Bonchev–Trinajstić information content (AvgIpc) is 2.88. The summed E-state index contributed by atoms with van der Waals surface area (Å²) in [7, 11) is 0. The van der Waals surface area contributed by atoms with Crippen molar-refractivity contribution in [2.75, 3.05) is 0 Å². The molecular weight excluding hydrogens is 196 g/mol. The number of hydrogen-bond donors (Lipinski definition) is 1. The van der Waals surface area contributed by atoms with E-state index < -0.39 is 0 Å². The van der Waals surface area contributed by atoms with Crippen molar-refractivity contribution in [3.05, 3.63) is 30.2 Å². The summed E-state index contributed by atoms with van der Waals surface area (Å²) in [5.74, 6) is 0. The minimum absolute atomic E-state index is 0.935. The predicted octanol–water partition coefficient (Wildman–Crippen LogP) is 2.08. The van der Waals surface area contributed by atoms with Gasteiger partial charge in [0.2, 0.25) is 0 Å². The number of nitrogens with zero attached hydrogens (tertiary/aromatic N) is 3. The molecule has 4 nitrogen and oxygen atoms in total. The number of nitrogens with one attached hydrogen (secondary N) is 1. The summed E-state index contributed by atoms with van der Waals surface area (Å²) in [5, 5.41) is 9.78. The Morgan fingerprint density at radius 3 is 3.14 bits per heavy atom. The van der Waals surface area contributed by atoms with Gasteiger partial charge in [-0.3, -0.25) is 5.10 Å². The summed E-state index contributed by atoms with van der Waals surface area (Å²) in [6, 6.07) is 2.03. The smallest absolute Gasteiger partial charge is 0.127 e. The van der Waals surface area contributed by atoms with E-state index in [2.05, 4.69) is 20.2 Å². The van der Waals surface area contributed by atoms with Crippen molar-refractivity contribution in [2.24, 2.45) is 0 Å². The Labute approximate surface area is 83.6 Å². The van der Waals surface area contributed by atoms with Crippen LogP contribution in [0, 0.1) is 0 Å². The van der Waals surface area contributed by atoms with Gasteiger partial charge >= 0.3 is 0 Å². The zero-order chi connectivity index (χ0) is 9.38. The molecule has 0 unspecified atom stereocenters. The molecule has 0 fully saturated rings. The first kappa shape index (κ1) is 7.64. The van der Waals surface area contributed by atoms with E-state index in [1.165, 1.54) is 0 Å². The number of aromatic nitrogens is 4. The Kier molecular flexibility index (Phi) is 1.57. The maximum absolute atomic E-state index is 4.26. The fourth-order valence-corrected chi connectivity index (χ4v) is 2.13. The van der Waals surface area contributed by atoms with Crippen LogP contribution < -0.4 is 0 Å². The quantitative estimate of drug-likeness (QED) is 0.657. The molecule has 3 aromatic rings. The van der Waals surface area contributed by atoms with Gasteiger partial charge < -0.3 is 0 Å². The highest BCUT2D eigenvalue weighted by Gasteiger charge is 2.07. The van der Waals surface area contributed by atoms with Crippen molar-refractivity contribution in [3.8, 4) is 11.3 Å². The monoisotopic (exact) mass is 202 g/mol. The molecule has 0 saturated carbocycles. The van der Waals surface area contributed by atoms with E-state index in [0.717, 1.165) is 21.5 Å². The fourth-order valence-electron chi connectivity index (χ4n) is 1.40. The number of aromatic amines is 1. The van der Waals surface area contributed by atoms with Gasteiger partial charge in [-0.15, -0.1) is 11.3 Å². The molecule has 0 amide bonds. The van der Waals surface area contributed by atoms with E-state index in [4.69, 9.17) is 0 Å². The van der Waals surface area contributed by atoms with Gasteiger partial charge in [-0.05, 0) is 11.4 Å². The Balaban J connectivity index is 2.36. The molecule has 0 spiro atoms. The van der Waals surface area contributed by atoms with Crippen molar-refractivity contribution < 1.29 is 0 Å². The number of rotatable bonds is 1. The Hall–Kier alpha value is -1.75. The first-order valence-electron chi connectivity index (χ1n) is 4.12. The largest absolute Gasteiger partial charge is 0.285 e. The van der Waals surface area contributed by atoms with Crippen LogP contribution in [0.15, 0.2) is 30.2 Å². The first-order valence-corrected chi connectivity index (χ1v) is 5.00. The number of thiophene rings is 1. The van der Waals surface area contributed by atoms with Gasteiger partial charge in [0.15, 0.2) is 0 Å². The van der Waals surface area contributed by atoms with E-state index >= 15 is 0 Å². The molecule has 5 heteroatoms. The van der Waals surface area contributed by atoms with Crippen molar-refractivity contribution in [1.82, 2.24) is 20.2 Å². The topological polar surface area (TPSA) is 54.5 Å². The van der Waals surface area contributed by atoms with E-state index in [-0.39, 0.29) is 0 Å². The molecule has 3 rings (SSSR count). The molecule has 0 bridgehead atoms. The van der Waals surface area contributed by atoms with Crippen molar-refractivity contribution >= 4 is 21.6 Å². The van der Waals surface area contributed by atoms with Crippen molar-refractivity contribution in [2.45, 2.75) is 0 Å². The number of H-pyrrole nitrogens is 1. The zero-order valence-corrected chi connectivity index (χ0v) is 7.95. The van der Waals surface area contributed by atoms with Crippen LogP contribution in [0.3, 0.4) is 0 Å². The summed E-state index contributed by atoms with van der Waals surface area (Å²) in [6.07, 6.45) is 5.18. The SMILES string of the molecule is c1nc(-c2cn[nH]c2)c2ccsc2n1. The lowest BCUT2D eigenvalue weighted by Crippen LogP contribution is -1.83. The second kappa shape index (κ2) is 2.88.